The maximum atomic E-state index is 12.7. The zero-order valence-electron chi connectivity index (χ0n) is 16.8. The van der Waals surface area contributed by atoms with E-state index in [1.807, 2.05) is 29.3 Å². The van der Waals surface area contributed by atoms with E-state index in [0.29, 0.717) is 13.0 Å². The van der Waals surface area contributed by atoms with Gasteiger partial charge in [-0.15, -0.1) is 11.3 Å². The Morgan fingerprint density at radius 3 is 2.73 bits per heavy atom. The molecule has 1 unspecified atom stereocenters. The van der Waals surface area contributed by atoms with E-state index in [9.17, 15) is 18.0 Å². The highest BCUT2D eigenvalue weighted by molar-refractivity contribution is 7.89. The van der Waals surface area contributed by atoms with Crippen molar-refractivity contribution in [3.05, 3.63) is 46.2 Å². The van der Waals surface area contributed by atoms with Gasteiger partial charge in [-0.05, 0) is 61.4 Å². The van der Waals surface area contributed by atoms with Crippen LogP contribution in [0, 0.1) is 5.92 Å². The number of nitrogens with one attached hydrogen (secondary N) is 2. The van der Waals surface area contributed by atoms with Crippen LogP contribution in [0.25, 0.3) is 0 Å². The molecule has 7 nitrogen and oxygen atoms in total. The Kier molecular flexibility index (Phi) is 5.95. The van der Waals surface area contributed by atoms with Crippen LogP contribution in [-0.2, 0) is 32.6 Å². The van der Waals surface area contributed by atoms with E-state index in [0.717, 1.165) is 29.0 Å². The number of hydrogen-bond acceptors (Lipinski definition) is 5. The van der Waals surface area contributed by atoms with Crippen LogP contribution >= 0.6 is 11.3 Å². The Balaban J connectivity index is 1.35. The predicted molar refractivity (Wildman–Crippen MR) is 116 cm³/mol. The van der Waals surface area contributed by atoms with Crippen LogP contribution in [0.15, 0.2) is 40.6 Å². The lowest BCUT2D eigenvalue weighted by atomic mass is 10.1. The molecule has 1 aromatic carbocycles. The van der Waals surface area contributed by atoms with Crippen LogP contribution < -0.4 is 14.9 Å². The highest BCUT2D eigenvalue weighted by atomic mass is 32.2. The summed E-state index contributed by atoms with van der Waals surface area (Å²) >= 11 is 1.56. The summed E-state index contributed by atoms with van der Waals surface area (Å²) in [7, 11) is -3.73. The number of hydrogen-bond donors (Lipinski definition) is 2. The van der Waals surface area contributed by atoms with Crippen molar-refractivity contribution in [3.8, 4) is 0 Å². The summed E-state index contributed by atoms with van der Waals surface area (Å²) in [6.45, 7) is 2.46. The average Bonchev–Trinajstić information content (AvgIpc) is 3.32. The van der Waals surface area contributed by atoms with Gasteiger partial charge in [0.05, 0.1) is 11.4 Å². The number of amides is 2. The minimum Gasteiger partial charge on any atom is -0.351 e. The fourth-order valence-corrected chi connectivity index (χ4v) is 5.43. The first-order valence-corrected chi connectivity index (χ1v) is 12.5. The third-order valence-electron chi connectivity index (χ3n) is 5.42. The van der Waals surface area contributed by atoms with Crippen molar-refractivity contribution < 1.29 is 18.0 Å². The van der Waals surface area contributed by atoms with Crippen molar-refractivity contribution in [1.29, 1.82) is 0 Å². The zero-order valence-corrected chi connectivity index (χ0v) is 18.4. The van der Waals surface area contributed by atoms with Gasteiger partial charge in [-0.25, -0.2) is 13.1 Å². The highest BCUT2D eigenvalue weighted by Gasteiger charge is 2.39. The first-order chi connectivity index (χ1) is 14.3. The molecule has 30 heavy (non-hydrogen) atoms. The van der Waals surface area contributed by atoms with E-state index in [2.05, 4.69) is 10.0 Å². The Morgan fingerprint density at radius 2 is 2.03 bits per heavy atom. The third-order valence-corrected chi connectivity index (χ3v) is 7.76. The molecule has 1 aromatic heterocycles. The third kappa shape index (κ3) is 4.58. The molecule has 2 amide bonds. The minimum atomic E-state index is -3.73. The highest BCUT2D eigenvalue weighted by Crippen LogP contribution is 2.39. The lowest BCUT2D eigenvalue weighted by molar-refractivity contribution is -0.121. The van der Waals surface area contributed by atoms with Gasteiger partial charge in [-0.3, -0.25) is 9.59 Å². The molecule has 0 radical (unpaired) electrons. The van der Waals surface area contributed by atoms with Crippen LogP contribution in [0.3, 0.4) is 0 Å². The van der Waals surface area contributed by atoms with Crippen LogP contribution in [0.4, 0.5) is 5.69 Å². The summed E-state index contributed by atoms with van der Waals surface area (Å²) in [5.41, 5.74) is 1.68. The van der Waals surface area contributed by atoms with Crippen LogP contribution in [-0.4, -0.2) is 32.8 Å². The second-order valence-corrected chi connectivity index (χ2v) is 10.6. The second kappa shape index (κ2) is 8.49. The molecule has 1 atom stereocenters. The number of fused-ring (bicyclic) bond motifs is 1. The Labute approximate surface area is 180 Å². The van der Waals surface area contributed by atoms with Crippen molar-refractivity contribution in [3.63, 3.8) is 0 Å². The fraction of sp³-hybridized carbons (Fsp3) is 0.429. The second-order valence-electron chi connectivity index (χ2n) is 7.83. The van der Waals surface area contributed by atoms with Gasteiger partial charge in [-0.1, -0.05) is 6.07 Å². The van der Waals surface area contributed by atoms with Crippen molar-refractivity contribution >= 4 is 38.9 Å². The minimum absolute atomic E-state index is 0.0262. The van der Waals surface area contributed by atoms with E-state index < -0.39 is 10.0 Å². The smallest absolute Gasteiger partial charge is 0.240 e. The summed E-state index contributed by atoms with van der Waals surface area (Å²) in [6, 6.07) is 8.78. The lowest BCUT2D eigenvalue weighted by Gasteiger charge is -2.22. The molecule has 1 saturated carbocycles. The van der Waals surface area contributed by atoms with Gasteiger partial charge in [0.2, 0.25) is 21.8 Å². The molecule has 0 spiro atoms. The molecular weight excluding hydrogens is 422 g/mol. The number of carbonyl (C=O) groups is 2. The van der Waals surface area contributed by atoms with E-state index >= 15 is 0 Å². The standard InChI is InChI=1S/C21H25N3O4S2/c1-14-11-16-12-18(6-7-19(16)24(14)21(26)15-4-5-15)30(27,28)23-9-8-20(25)22-13-17-3-2-10-29-17/h2-3,6-7,10,12,14-15,23H,4-5,8-9,11,13H2,1H3,(H,22,25). The number of carbonyl (C=O) groups excluding carboxylic acids is 2. The van der Waals surface area contributed by atoms with Gasteiger partial charge < -0.3 is 10.2 Å². The largest absolute Gasteiger partial charge is 0.351 e. The predicted octanol–water partition coefficient (Wildman–Crippen LogP) is 2.42. The Morgan fingerprint density at radius 1 is 1.23 bits per heavy atom. The summed E-state index contributed by atoms with van der Waals surface area (Å²) in [6.07, 6.45) is 2.59. The van der Waals surface area contributed by atoms with Crippen molar-refractivity contribution in [2.45, 2.75) is 50.1 Å². The van der Waals surface area contributed by atoms with E-state index in [-0.39, 0.29) is 41.6 Å². The number of nitrogens with zero attached hydrogens (tertiary/aromatic N) is 1. The summed E-state index contributed by atoms with van der Waals surface area (Å²) in [5, 5.41) is 4.72. The SMILES string of the molecule is CC1Cc2cc(S(=O)(=O)NCCC(=O)NCc3cccs3)ccc2N1C(=O)C1CC1. The molecule has 1 aliphatic carbocycles. The molecule has 160 valence electrons. The molecule has 2 aromatic rings. The quantitative estimate of drug-likeness (QED) is 0.650. The van der Waals surface area contributed by atoms with Gasteiger partial charge in [-0.2, -0.15) is 0 Å². The fourth-order valence-electron chi connectivity index (χ4n) is 3.71. The monoisotopic (exact) mass is 447 g/mol. The van der Waals surface area contributed by atoms with Gasteiger partial charge in [0.15, 0.2) is 0 Å². The molecule has 1 aliphatic heterocycles. The molecule has 4 rings (SSSR count). The first kappa shape index (κ1) is 21.0. The van der Waals surface area contributed by atoms with Crippen LogP contribution in [0.1, 0.15) is 36.6 Å². The van der Waals surface area contributed by atoms with Crippen LogP contribution in [0.2, 0.25) is 0 Å². The van der Waals surface area contributed by atoms with Crippen molar-refractivity contribution in [2.75, 3.05) is 11.4 Å². The summed E-state index contributed by atoms with van der Waals surface area (Å²) in [4.78, 5) is 27.5. The molecule has 2 N–H and O–H groups in total. The van der Waals surface area contributed by atoms with Crippen molar-refractivity contribution in [2.24, 2.45) is 5.92 Å². The Hall–Kier alpha value is -2.23. The molecule has 0 saturated heterocycles. The molecule has 1 fully saturated rings. The molecule has 9 heteroatoms. The Bertz CT molecular complexity index is 1050. The number of rotatable bonds is 8. The first-order valence-electron chi connectivity index (χ1n) is 10.1. The zero-order chi connectivity index (χ0) is 21.3. The molecule has 0 bridgehead atoms. The van der Waals surface area contributed by atoms with Crippen molar-refractivity contribution in [1.82, 2.24) is 10.0 Å². The molecule has 2 aliphatic rings. The number of thiophene rings is 1. The normalized spacial score (nSPS) is 18.3. The van der Waals surface area contributed by atoms with Gasteiger partial charge in [0.25, 0.3) is 0 Å². The van der Waals surface area contributed by atoms with E-state index in [1.54, 1.807) is 23.5 Å². The average molecular weight is 448 g/mol. The summed E-state index contributed by atoms with van der Waals surface area (Å²) < 4.78 is 27.8. The van der Waals surface area contributed by atoms with Gasteiger partial charge in [0, 0.05) is 35.5 Å². The van der Waals surface area contributed by atoms with E-state index in [4.69, 9.17) is 0 Å². The molecular formula is C21H25N3O4S2. The topological polar surface area (TPSA) is 95.6 Å². The van der Waals surface area contributed by atoms with E-state index in [1.165, 1.54) is 6.07 Å². The van der Waals surface area contributed by atoms with Crippen LogP contribution in [0.5, 0.6) is 0 Å². The summed E-state index contributed by atoms with van der Waals surface area (Å²) in [5.74, 6) is 0.0566. The maximum absolute atomic E-state index is 12.7. The number of benzene rings is 1. The lowest BCUT2D eigenvalue weighted by Crippen LogP contribution is -2.36. The number of anilines is 1. The molecule has 2 heterocycles. The maximum Gasteiger partial charge on any atom is 0.240 e. The van der Waals surface area contributed by atoms with Gasteiger partial charge >= 0.3 is 0 Å². The van der Waals surface area contributed by atoms with Gasteiger partial charge in [0.1, 0.15) is 0 Å². The number of sulfonamides is 1.